The maximum absolute atomic E-state index is 15.9. The molecule has 1 unspecified atom stereocenters. The van der Waals surface area contributed by atoms with Crippen molar-refractivity contribution < 1.29 is 36.4 Å². The van der Waals surface area contributed by atoms with Crippen molar-refractivity contribution in [1.29, 1.82) is 4.78 Å². The molecular weight excluding hydrogens is 746 g/mol. The Hall–Kier alpha value is -6.19. The molecule has 0 aliphatic carbocycles. The van der Waals surface area contributed by atoms with Crippen molar-refractivity contribution in [3.8, 4) is 22.9 Å². The van der Waals surface area contributed by atoms with Gasteiger partial charge in [-0.1, -0.05) is 97.1 Å². The quantitative estimate of drug-likeness (QED) is 0.133. The summed E-state index contributed by atoms with van der Waals surface area (Å²) in [5.41, 5.74) is -1.48. The van der Waals surface area contributed by atoms with E-state index in [1.54, 1.807) is 97.1 Å². The summed E-state index contributed by atoms with van der Waals surface area (Å²) in [4.78, 5) is 19.5. The lowest BCUT2D eigenvalue weighted by Crippen LogP contribution is -2.55. The van der Waals surface area contributed by atoms with Crippen molar-refractivity contribution in [2.24, 2.45) is 0 Å². The van der Waals surface area contributed by atoms with Gasteiger partial charge in [-0.15, -0.1) is 0 Å². The first-order valence-electron chi connectivity index (χ1n) is 17.4. The molecule has 15 heteroatoms. The predicted octanol–water partition coefficient (Wildman–Crippen LogP) is 8.54. The van der Waals surface area contributed by atoms with Crippen molar-refractivity contribution >= 4 is 21.6 Å². The minimum atomic E-state index is -4.79. The number of hydrogen-bond donors (Lipinski definition) is 2. The van der Waals surface area contributed by atoms with E-state index in [-0.39, 0.29) is 52.7 Å². The molecular formula is C41H37F3N6O5S. The van der Waals surface area contributed by atoms with Crippen LogP contribution in [0.4, 0.5) is 23.7 Å². The Morgan fingerprint density at radius 3 is 2.05 bits per heavy atom. The number of amides is 2. The van der Waals surface area contributed by atoms with Gasteiger partial charge in [0.15, 0.2) is 9.92 Å². The van der Waals surface area contributed by atoms with Crippen LogP contribution in [0.3, 0.4) is 0 Å². The number of alkyl halides is 3. The van der Waals surface area contributed by atoms with Crippen LogP contribution < -0.4 is 14.8 Å². The molecule has 0 saturated heterocycles. The molecule has 288 valence electrons. The summed E-state index contributed by atoms with van der Waals surface area (Å²) in [6.07, 6.45) is -2.53. The van der Waals surface area contributed by atoms with E-state index >= 15 is 9.00 Å². The second-order valence-electron chi connectivity index (χ2n) is 13.0. The van der Waals surface area contributed by atoms with Crippen molar-refractivity contribution in [3.05, 3.63) is 155 Å². The molecule has 0 fully saturated rings. The van der Waals surface area contributed by atoms with Gasteiger partial charge < -0.3 is 19.5 Å². The van der Waals surface area contributed by atoms with E-state index < -0.39 is 33.2 Å². The Bertz CT molecular complexity index is 2370. The minimum absolute atomic E-state index is 0.000922. The number of methoxy groups -OCH3 is 2. The lowest BCUT2D eigenvalue weighted by atomic mass is 9.77. The smallest absolute Gasteiger partial charge is 0.416 e. The average Bonchev–Trinajstić information content (AvgIpc) is 3.65. The lowest BCUT2D eigenvalue weighted by molar-refractivity contribution is -0.138. The van der Waals surface area contributed by atoms with Gasteiger partial charge in [0.05, 0.1) is 31.1 Å². The van der Waals surface area contributed by atoms with Crippen LogP contribution in [-0.4, -0.2) is 56.2 Å². The van der Waals surface area contributed by atoms with Crippen molar-refractivity contribution in [2.75, 3.05) is 26.1 Å². The fraction of sp³-hybridized carbons (Fsp3) is 0.195. The summed E-state index contributed by atoms with van der Waals surface area (Å²) in [6, 6.07) is 30.4. The third kappa shape index (κ3) is 6.73. The Kier molecular flexibility index (Phi) is 10.3. The molecule has 0 bridgehead atoms. The van der Waals surface area contributed by atoms with Crippen LogP contribution in [0.5, 0.6) is 11.8 Å². The molecule has 6 aromatic rings. The minimum Gasteiger partial charge on any atom is -0.481 e. The fourth-order valence-corrected chi connectivity index (χ4v) is 8.87. The molecule has 0 saturated carbocycles. The molecule has 1 aliphatic heterocycles. The van der Waals surface area contributed by atoms with Gasteiger partial charge in [-0.05, 0) is 46.9 Å². The largest absolute Gasteiger partial charge is 0.481 e. The van der Waals surface area contributed by atoms with Crippen LogP contribution in [0.2, 0.25) is 0 Å². The number of pyridine rings is 1. The molecule has 7 rings (SSSR count). The number of carbonyl (C=O) groups excluding carboxylic acids is 1. The molecule has 2 N–H and O–H groups in total. The van der Waals surface area contributed by atoms with E-state index in [9.17, 15) is 18.0 Å². The molecule has 2 aromatic heterocycles. The van der Waals surface area contributed by atoms with Gasteiger partial charge in [-0.3, -0.25) is 0 Å². The zero-order valence-electron chi connectivity index (χ0n) is 30.5. The second kappa shape index (κ2) is 15.2. The highest BCUT2D eigenvalue weighted by Gasteiger charge is 2.51. The first-order valence-corrected chi connectivity index (χ1v) is 18.9. The van der Waals surface area contributed by atoms with E-state index in [0.717, 1.165) is 10.4 Å². The lowest BCUT2D eigenvalue weighted by Gasteiger charge is -2.45. The van der Waals surface area contributed by atoms with Crippen LogP contribution in [0.15, 0.2) is 133 Å². The summed E-state index contributed by atoms with van der Waals surface area (Å²) in [7, 11) is -1.64. The van der Waals surface area contributed by atoms with E-state index in [0.29, 0.717) is 22.3 Å². The topological polar surface area (TPSA) is 132 Å². The third-order valence-electron chi connectivity index (χ3n) is 9.75. The van der Waals surface area contributed by atoms with E-state index in [1.165, 1.54) is 50.4 Å². The number of fused-ring (bicyclic) bond motifs is 1. The summed E-state index contributed by atoms with van der Waals surface area (Å²) in [6.45, 7) is 1.52. The predicted molar refractivity (Wildman–Crippen MR) is 204 cm³/mol. The Balaban J connectivity index is 1.54. The number of hydrogen-bond acceptors (Lipinski definition) is 8. The van der Waals surface area contributed by atoms with E-state index in [4.69, 9.17) is 14.2 Å². The van der Waals surface area contributed by atoms with E-state index in [1.807, 2.05) is 0 Å². The maximum Gasteiger partial charge on any atom is 0.416 e. The van der Waals surface area contributed by atoms with Gasteiger partial charge in [0.2, 0.25) is 11.8 Å². The number of ether oxygens (including phenoxy) is 3. The number of benzene rings is 4. The van der Waals surface area contributed by atoms with E-state index in [2.05, 4.69) is 15.4 Å². The number of nitrogens with one attached hydrogen (secondary N) is 2. The first-order chi connectivity index (χ1) is 26.9. The number of halogens is 3. The van der Waals surface area contributed by atoms with Crippen LogP contribution in [0.1, 0.15) is 27.8 Å². The highest BCUT2D eigenvalue weighted by molar-refractivity contribution is 7.90. The van der Waals surface area contributed by atoms with Crippen LogP contribution in [0, 0.1) is 11.7 Å². The Morgan fingerprint density at radius 1 is 0.929 bits per heavy atom. The van der Waals surface area contributed by atoms with Gasteiger partial charge >= 0.3 is 12.2 Å². The van der Waals surface area contributed by atoms with Gasteiger partial charge in [-0.2, -0.15) is 18.3 Å². The Labute approximate surface area is 321 Å². The normalized spacial score (nSPS) is 15.2. The second-order valence-corrected chi connectivity index (χ2v) is 14.8. The summed E-state index contributed by atoms with van der Waals surface area (Å²) >= 11 is 0. The maximum atomic E-state index is 15.9. The third-order valence-corrected chi connectivity index (χ3v) is 11.6. The first kappa shape index (κ1) is 38.1. The molecule has 11 nitrogen and oxygen atoms in total. The van der Waals surface area contributed by atoms with Gasteiger partial charge in [-0.25, -0.2) is 27.8 Å². The monoisotopic (exact) mass is 782 g/mol. The molecule has 3 heterocycles. The Morgan fingerprint density at radius 2 is 1.52 bits per heavy atom. The van der Waals surface area contributed by atoms with Crippen molar-refractivity contribution in [1.82, 2.24) is 19.1 Å². The highest BCUT2D eigenvalue weighted by Crippen LogP contribution is 2.48. The molecule has 2 amide bonds. The molecule has 1 aliphatic rings. The number of aromatic nitrogens is 3. The SMILES string of the molecule is COc1cc(-c2ccc(C(F)(F)F)c(C)c2NC(=O)N(C(c2ccccc2)(c2ccccc2)c2ccccc2)S(=N)(=O)c2cnn3c2OC[C@@H](OC)C3)ccn1. The molecule has 4 aromatic carbocycles. The summed E-state index contributed by atoms with van der Waals surface area (Å²) in [5, 5.41) is 7.13. The molecule has 0 spiro atoms. The van der Waals surface area contributed by atoms with Gasteiger partial charge in [0.25, 0.3) is 0 Å². The fourth-order valence-electron chi connectivity index (χ4n) is 7.10. The standard InChI is InChI=1S/C41H37F3N6O5S/c1-27-34(41(42,43)44)20-19-33(28-21-22-46-36(23-28)54-3)37(27)48-39(51)50(56(45,52)35-24-47-49-25-32(53-2)26-55-38(35)49)40(29-13-7-4-8-14-29,30-15-9-5-10-16-30)31-17-11-6-12-18-31/h4-24,32,45H,25-26H2,1-3H3,(H,48,51)/t32-,56?/m0/s1. The van der Waals surface area contributed by atoms with Crippen LogP contribution in [0.25, 0.3) is 11.1 Å². The summed E-state index contributed by atoms with van der Waals surface area (Å²) in [5.74, 6) is 0.185. The summed E-state index contributed by atoms with van der Waals surface area (Å²) < 4.78 is 88.6. The zero-order chi connectivity index (χ0) is 39.7. The van der Waals surface area contributed by atoms with Crippen molar-refractivity contribution in [2.45, 2.75) is 36.2 Å². The highest BCUT2D eigenvalue weighted by atomic mass is 32.2. The number of carbonyl (C=O) groups is 1. The molecule has 0 radical (unpaired) electrons. The zero-order valence-corrected chi connectivity index (χ0v) is 31.3. The average molecular weight is 783 g/mol. The molecule has 56 heavy (non-hydrogen) atoms. The number of nitrogens with zero attached hydrogens (tertiary/aromatic N) is 4. The van der Waals surface area contributed by atoms with Gasteiger partial charge in [0.1, 0.15) is 23.1 Å². The van der Waals surface area contributed by atoms with Crippen molar-refractivity contribution in [3.63, 3.8) is 0 Å². The van der Waals surface area contributed by atoms with Crippen LogP contribution >= 0.6 is 0 Å². The molecule has 2 atom stereocenters. The van der Waals surface area contributed by atoms with Gasteiger partial charge in [0, 0.05) is 24.9 Å². The number of rotatable bonds is 10. The number of urea groups is 1. The van der Waals surface area contributed by atoms with Crippen LogP contribution in [-0.2, 0) is 32.9 Å². The number of anilines is 1.